The van der Waals surface area contributed by atoms with E-state index >= 15 is 0 Å². The summed E-state index contributed by atoms with van der Waals surface area (Å²) in [7, 11) is 0. The standard InChI is InChI=1S/C21H22N2O/c1-3-17-5-9-19(10-6-17)15-22-13-14-23(21(22)24)16-20-11-7-18(4-2)8-12-20/h3-12H,1-2,13-16H2. The molecule has 1 aliphatic heterocycles. The Morgan fingerprint density at radius 2 is 1.12 bits per heavy atom. The van der Waals surface area contributed by atoms with Crippen molar-refractivity contribution in [2.24, 2.45) is 0 Å². The van der Waals surface area contributed by atoms with Crippen molar-refractivity contribution in [2.45, 2.75) is 13.1 Å². The lowest BCUT2D eigenvalue weighted by molar-refractivity contribution is 0.189. The molecule has 3 nitrogen and oxygen atoms in total. The van der Waals surface area contributed by atoms with E-state index in [1.54, 1.807) is 0 Å². The number of hydrogen-bond donors (Lipinski definition) is 0. The van der Waals surface area contributed by atoms with Gasteiger partial charge in [-0.05, 0) is 22.3 Å². The Kier molecular flexibility index (Phi) is 4.80. The van der Waals surface area contributed by atoms with Gasteiger partial charge in [-0.2, -0.15) is 0 Å². The van der Waals surface area contributed by atoms with Crippen molar-refractivity contribution in [1.29, 1.82) is 0 Å². The first kappa shape index (κ1) is 16.1. The molecule has 1 aliphatic rings. The summed E-state index contributed by atoms with van der Waals surface area (Å²) in [6.07, 6.45) is 3.65. The molecule has 1 fully saturated rings. The van der Waals surface area contributed by atoms with E-state index in [0.717, 1.165) is 35.3 Å². The molecule has 24 heavy (non-hydrogen) atoms. The third kappa shape index (κ3) is 3.57. The summed E-state index contributed by atoms with van der Waals surface area (Å²) in [6.45, 7) is 10.4. The van der Waals surface area contributed by atoms with E-state index < -0.39 is 0 Å². The summed E-state index contributed by atoms with van der Waals surface area (Å²) >= 11 is 0. The van der Waals surface area contributed by atoms with E-state index in [4.69, 9.17) is 0 Å². The molecule has 0 unspecified atom stereocenters. The molecule has 3 rings (SSSR count). The predicted octanol–water partition coefficient (Wildman–Crippen LogP) is 4.41. The normalized spacial score (nSPS) is 14.1. The number of urea groups is 1. The lowest BCUT2D eigenvalue weighted by atomic mass is 10.1. The van der Waals surface area contributed by atoms with Crippen molar-refractivity contribution >= 4 is 18.2 Å². The van der Waals surface area contributed by atoms with E-state index in [0.29, 0.717) is 13.1 Å². The van der Waals surface area contributed by atoms with Gasteiger partial charge in [-0.15, -0.1) is 0 Å². The highest BCUT2D eigenvalue weighted by Crippen LogP contribution is 2.17. The van der Waals surface area contributed by atoms with Crippen LogP contribution in [0.15, 0.2) is 61.7 Å². The molecule has 0 aliphatic carbocycles. The van der Waals surface area contributed by atoms with Crippen LogP contribution in [-0.2, 0) is 13.1 Å². The lowest BCUT2D eigenvalue weighted by Gasteiger charge is -2.19. The largest absolute Gasteiger partial charge is 0.320 e. The maximum atomic E-state index is 12.6. The molecule has 0 radical (unpaired) electrons. The summed E-state index contributed by atoms with van der Waals surface area (Å²) in [5.41, 5.74) is 4.48. The van der Waals surface area contributed by atoms with Crippen molar-refractivity contribution in [1.82, 2.24) is 9.80 Å². The molecule has 2 aromatic carbocycles. The number of benzene rings is 2. The van der Waals surface area contributed by atoms with Crippen LogP contribution < -0.4 is 0 Å². The SMILES string of the molecule is C=Cc1ccc(CN2CCN(Cc3ccc(C=C)cc3)C2=O)cc1. The second-order valence-electron chi connectivity index (χ2n) is 6.02. The van der Waals surface area contributed by atoms with Crippen LogP contribution in [0.4, 0.5) is 4.79 Å². The van der Waals surface area contributed by atoms with Gasteiger partial charge in [-0.1, -0.05) is 73.8 Å². The molecule has 1 heterocycles. The Labute approximate surface area is 143 Å². The second kappa shape index (κ2) is 7.18. The summed E-state index contributed by atoms with van der Waals surface area (Å²) in [6, 6.07) is 16.5. The van der Waals surface area contributed by atoms with Gasteiger partial charge in [0.1, 0.15) is 0 Å². The van der Waals surface area contributed by atoms with Crippen molar-refractivity contribution in [3.8, 4) is 0 Å². The maximum absolute atomic E-state index is 12.6. The number of amides is 2. The van der Waals surface area contributed by atoms with E-state index in [1.807, 2.05) is 46.2 Å². The van der Waals surface area contributed by atoms with Crippen molar-refractivity contribution in [2.75, 3.05) is 13.1 Å². The maximum Gasteiger partial charge on any atom is 0.320 e. The van der Waals surface area contributed by atoms with Crippen LogP contribution in [-0.4, -0.2) is 28.9 Å². The molecule has 0 N–H and O–H groups in total. The van der Waals surface area contributed by atoms with Crippen LogP contribution in [0.25, 0.3) is 12.2 Å². The Hall–Kier alpha value is -2.81. The fourth-order valence-corrected chi connectivity index (χ4v) is 2.89. The quantitative estimate of drug-likeness (QED) is 0.774. The van der Waals surface area contributed by atoms with Crippen LogP contribution >= 0.6 is 0 Å². The molecule has 3 heteroatoms. The summed E-state index contributed by atoms with van der Waals surface area (Å²) in [4.78, 5) is 16.4. The van der Waals surface area contributed by atoms with Crippen LogP contribution in [0.2, 0.25) is 0 Å². The molecule has 1 saturated heterocycles. The van der Waals surface area contributed by atoms with Crippen LogP contribution in [0.5, 0.6) is 0 Å². The average Bonchev–Trinajstić information content (AvgIpc) is 2.96. The van der Waals surface area contributed by atoms with Crippen LogP contribution in [0, 0.1) is 0 Å². The van der Waals surface area contributed by atoms with Crippen LogP contribution in [0.3, 0.4) is 0 Å². The Balaban J connectivity index is 1.61. The first-order valence-electron chi connectivity index (χ1n) is 8.16. The van der Waals surface area contributed by atoms with Gasteiger partial charge in [-0.3, -0.25) is 0 Å². The van der Waals surface area contributed by atoms with Gasteiger partial charge >= 0.3 is 6.03 Å². The van der Waals surface area contributed by atoms with Gasteiger partial charge in [0.25, 0.3) is 0 Å². The zero-order valence-electron chi connectivity index (χ0n) is 13.8. The highest BCUT2D eigenvalue weighted by Gasteiger charge is 2.28. The summed E-state index contributed by atoms with van der Waals surface area (Å²) in [5, 5.41) is 0. The summed E-state index contributed by atoms with van der Waals surface area (Å²) < 4.78 is 0. The zero-order chi connectivity index (χ0) is 16.9. The smallest absolute Gasteiger partial charge is 0.319 e. The average molecular weight is 318 g/mol. The topological polar surface area (TPSA) is 23.6 Å². The molecule has 2 aromatic rings. The number of rotatable bonds is 6. The van der Waals surface area contributed by atoms with Gasteiger partial charge in [0, 0.05) is 26.2 Å². The van der Waals surface area contributed by atoms with Crippen LogP contribution in [0.1, 0.15) is 22.3 Å². The number of nitrogens with zero attached hydrogens (tertiary/aromatic N) is 2. The highest BCUT2D eigenvalue weighted by molar-refractivity contribution is 5.76. The highest BCUT2D eigenvalue weighted by atomic mass is 16.2. The van der Waals surface area contributed by atoms with Crippen molar-refractivity contribution in [3.05, 3.63) is 83.9 Å². The van der Waals surface area contributed by atoms with E-state index in [1.165, 1.54) is 0 Å². The first-order valence-corrected chi connectivity index (χ1v) is 8.16. The predicted molar refractivity (Wildman–Crippen MR) is 99.3 cm³/mol. The monoisotopic (exact) mass is 318 g/mol. The second-order valence-corrected chi connectivity index (χ2v) is 6.02. The number of hydrogen-bond acceptors (Lipinski definition) is 1. The number of carbonyl (C=O) groups excluding carboxylic acids is 1. The lowest BCUT2D eigenvalue weighted by Crippen LogP contribution is -2.31. The third-order valence-corrected chi connectivity index (χ3v) is 4.36. The van der Waals surface area contributed by atoms with Gasteiger partial charge in [0.05, 0.1) is 0 Å². The van der Waals surface area contributed by atoms with E-state index in [-0.39, 0.29) is 6.03 Å². The van der Waals surface area contributed by atoms with Crippen molar-refractivity contribution < 1.29 is 4.79 Å². The third-order valence-electron chi connectivity index (χ3n) is 4.36. The van der Waals surface area contributed by atoms with Gasteiger partial charge in [0.15, 0.2) is 0 Å². The Morgan fingerprint density at radius 1 is 0.750 bits per heavy atom. The molecular formula is C21H22N2O. The van der Waals surface area contributed by atoms with E-state index in [9.17, 15) is 4.79 Å². The minimum Gasteiger partial charge on any atom is -0.319 e. The molecule has 0 spiro atoms. The molecule has 122 valence electrons. The molecule has 2 amide bonds. The minimum absolute atomic E-state index is 0.107. The first-order chi connectivity index (χ1) is 11.7. The molecule has 0 atom stereocenters. The van der Waals surface area contributed by atoms with Gasteiger partial charge in [-0.25, -0.2) is 4.79 Å². The Morgan fingerprint density at radius 3 is 1.46 bits per heavy atom. The minimum atomic E-state index is 0.107. The van der Waals surface area contributed by atoms with Gasteiger partial charge in [0.2, 0.25) is 0 Å². The molecule has 0 saturated carbocycles. The van der Waals surface area contributed by atoms with E-state index in [2.05, 4.69) is 37.4 Å². The molecule has 0 bridgehead atoms. The molecular weight excluding hydrogens is 296 g/mol. The zero-order valence-corrected chi connectivity index (χ0v) is 13.8. The summed E-state index contributed by atoms with van der Waals surface area (Å²) in [5.74, 6) is 0. The fraction of sp³-hybridized carbons (Fsp3) is 0.190. The Bertz CT molecular complexity index is 668. The molecule has 0 aromatic heterocycles. The van der Waals surface area contributed by atoms with Gasteiger partial charge < -0.3 is 9.80 Å². The van der Waals surface area contributed by atoms with Crippen molar-refractivity contribution in [3.63, 3.8) is 0 Å². The fourth-order valence-electron chi connectivity index (χ4n) is 2.89. The number of carbonyl (C=O) groups is 1.